The minimum absolute atomic E-state index is 0.117. The van der Waals surface area contributed by atoms with E-state index in [-0.39, 0.29) is 31.0 Å². The Hall–Kier alpha value is -3.02. The molecule has 0 spiro atoms. The quantitative estimate of drug-likeness (QED) is 0.254. The van der Waals surface area contributed by atoms with E-state index >= 15 is 0 Å². The lowest BCUT2D eigenvalue weighted by Crippen LogP contribution is -2.53. The maximum absolute atomic E-state index is 13.9. The first-order valence-electron chi connectivity index (χ1n) is 14.1. The highest BCUT2D eigenvalue weighted by molar-refractivity contribution is 6.35. The van der Waals surface area contributed by atoms with Crippen molar-refractivity contribution in [2.24, 2.45) is 0 Å². The third-order valence-electron chi connectivity index (χ3n) is 7.49. The highest BCUT2D eigenvalue weighted by Gasteiger charge is 2.32. The Morgan fingerprint density at radius 1 is 0.950 bits per heavy atom. The maximum Gasteiger partial charge on any atom is 0.261 e. The van der Waals surface area contributed by atoms with E-state index in [9.17, 15) is 9.59 Å². The van der Waals surface area contributed by atoms with Gasteiger partial charge in [0.2, 0.25) is 5.91 Å². The van der Waals surface area contributed by atoms with E-state index in [1.165, 1.54) is 12.0 Å². The van der Waals surface area contributed by atoms with Gasteiger partial charge in [0.15, 0.2) is 6.61 Å². The van der Waals surface area contributed by atoms with Crippen LogP contribution in [-0.2, 0) is 22.6 Å². The minimum atomic E-state index is -0.740. The zero-order chi connectivity index (χ0) is 28.5. The molecule has 4 rings (SSSR count). The normalized spacial score (nSPS) is 14.5. The van der Waals surface area contributed by atoms with Gasteiger partial charge in [0.25, 0.3) is 5.91 Å². The first-order valence-corrected chi connectivity index (χ1v) is 14.9. The molecule has 1 aliphatic rings. The smallest absolute Gasteiger partial charge is 0.261 e. The Morgan fingerprint density at radius 3 is 2.30 bits per heavy atom. The summed E-state index contributed by atoms with van der Waals surface area (Å²) in [7, 11) is 0. The van der Waals surface area contributed by atoms with Crippen LogP contribution in [0.4, 0.5) is 0 Å². The van der Waals surface area contributed by atoms with Gasteiger partial charge in [-0.1, -0.05) is 105 Å². The molecular formula is C33H38Cl2N2O3. The number of rotatable bonds is 11. The fourth-order valence-electron chi connectivity index (χ4n) is 5.11. The summed E-state index contributed by atoms with van der Waals surface area (Å²) in [5.41, 5.74) is 2.88. The van der Waals surface area contributed by atoms with Gasteiger partial charge in [-0.15, -0.1) is 0 Å². The molecule has 3 aromatic carbocycles. The van der Waals surface area contributed by atoms with Gasteiger partial charge in [0.05, 0.1) is 0 Å². The second-order valence-corrected chi connectivity index (χ2v) is 11.7. The summed E-state index contributed by atoms with van der Waals surface area (Å²) in [4.78, 5) is 29.3. The molecular weight excluding hydrogens is 543 g/mol. The summed E-state index contributed by atoms with van der Waals surface area (Å²) in [5.74, 6) is 0.555. The standard InChI is InChI=1S/C33H38Cl2N2O3/c1-23(2)25-14-17-29(18-15-25)40-22-32(38)37(21-26-13-16-27(34)20-30(26)35)31(19-24-9-5-3-6-10-24)33(39)36-28-11-7-4-8-12-28/h3,5-6,9-10,13-18,20,23,28,31H,4,7-8,11-12,19,21-22H2,1-2H3,(H,36,39)/t31-/m1/s1. The topological polar surface area (TPSA) is 58.6 Å². The van der Waals surface area contributed by atoms with Crippen LogP contribution in [0.1, 0.15) is 68.6 Å². The van der Waals surface area contributed by atoms with E-state index in [1.807, 2.05) is 54.6 Å². The molecule has 3 aromatic rings. The van der Waals surface area contributed by atoms with Crippen LogP contribution in [0.25, 0.3) is 0 Å². The molecule has 1 N–H and O–H groups in total. The van der Waals surface area contributed by atoms with Crippen LogP contribution in [0.3, 0.4) is 0 Å². The van der Waals surface area contributed by atoms with Gasteiger partial charge in [0.1, 0.15) is 11.8 Å². The fourth-order valence-corrected chi connectivity index (χ4v) is 5.58. The van der Waals surface area contributed by atoms with Crippen molar-refractivity contribution < 1.29 is 14.3 Å². The molecule has 0 unspecified atom stereocenters. The molecule has 0 aromatic heterocycles. The summed E-state index contributed by atoms with van der Waals surface area (Å²) in [6.07, 6.45) is 5.67. The zero-order valence-corrected chi connectivity index (χ0v) is 24.8. The largest absolute Gasteiger partial charge is 0.484 e. The zero-order valence-electron chi connectivity index (χ0n) is 23.2. The molecule has 0 bridgehead atoms. The molecule has 1 aliphatic carbocycles. The van der Waals surface area contributed by atoms with Gasteiger partial charge >= 0.3 is 0 Å². The first-order chi connectivity index (χ1) is 19.3. The highest BCUT2D eigenvalue weighted by Crippen LogP contribution is 2.25. The molecule has 0 aliphatic heterocycles. The van der Waals surface area contributed by atoms with Crippen LogP contribution in [0.5, 0.6) is 5.75 Å². The Morgan fingerprint density at radius 2 is 1.65 bits per heavy atom. The molecule has 5 nitrogen and oxygen atoms in total. The summed E-state index contributed by atoms with van der Waals surface area (Å²) in [5, 5.41) is 4.20. The molecule has 7 heteroatoms. The minimum Gasteiger partial charge on any atom is -0.484 e. The summed E-state index contributed by atoms with van der Waals surface area (Å²) < 4.78 is 5.92. The molecule has 1 fully saturated rings. The molecule has 1 saturated carbocycles. The Balaban J connectivity index is 1.61. The van der Waals surface area contributed by atoms with Gasteiger partial charge in [-0.25, -0.2) is 0 Å². The van der Waals surface area contributed by atoms with E-state index in [2.05, 4.69) is 19.2 Å². The van der Waals surface area contributed by atoms with Gasteiger partial charge < -0.3 is 15.0 Å². The third-order valence-corrected chi connectivity index (χ3v) is 8.07. The van der Waals surface area contributed by atoms with Crippen molar-refractivity contribution in [3.05, 3.63) is 99.5 Å². The Labute approximate surface area is 247 Å². The van der Waals surface area contributed by atoms with Gasteiger partial charge in [0, 0.05) is 29.1 Å². The van der Waals surface area contributed by atoms with E-state index in [1.54, 1.807) is 23.1 Å². The average Bonchev–Trinajstić information content (AvgIpc) is 2.96. The van der Waals surface area contributed by atoms with E-state index in [0.29, 0.717) is 33.7 Å². The van der Waals surface area contributed by atoms with Crippen LogP contribution in [0, 0.1) is 0 Å². The number of halogens is 2. The van der Waals surface area contributed by atoms with Gasteiger partial charge in [-0.05, 0) is 59.7 Å². The number of ether oxygens (including phenoxy) is 1. The first kappa shape index (κ1) is 30.0. The second-order valence-electron chi connectivity index (χ2n) is 10.8. The Kier molecular flexibility index (Phi) is 10.9. The number of nitrogens with one attached hydrogen (secondary N) is 1. The molecule has 2 amide bonds. The number of carbonyl (C=O) groups is 2. The fraction of sp³-hybridized carbons (Fsp3) is 0.394. The second kappa shape index (κ2) is 14.6. The summed E-state index contributed by atoms with van der Waals surface area (Å²) >= 11 is 12.7. The van der Waals surface area contributed by atoms with Crippen molar-refractivity contribution in [2.75, 3.05) is 6.61 Å². The van der Waals surface area contributed by atoms with Gasteiger partial charge in [-0.2, -0.15) is 0 Å². The lowest BCUT2D eigenvalue weighted by molar-refractivity contribution is -0.143. The molecule has 0 radical (unpaired) electrons. The molecule has 40 heavy (non-hydrogen) atoms. The van der Waals surface area contributed by atoms with E-state index < -0.39 is 6.04 Å². The molecule has 0 saturated heterocycles. The predicted octanol–water partition coefficient (Wildman–Crippen LogP) is 7.58. The maximum atomic E-state index is 13.9. The molecule has 0 heterocycles. The van der Waals surface area contributed by atoms with Crippen molar-refractivity contribution in [3.63, 3.8) is 0 Å². The Bertz CT molecular complexity index is 1260. The predicted molar refractivity (Wildman–Crippen MR) is 162 cm³/mol. The van der Waals surface area contributed by atoms with Crippen molar-refractivity contribution >= 4 is 35.0 Å². The number of hydrogen-bond donors (Lipinski definition) is 1. The van der Waals surface area contributed by atoms with Crippen molar-refractivity contribution in [1.29, 1.82) is 0 Å². The van der Waals surface area contributed by atoms with Crippen LogP contribution in [0.15, 0.2) is 72.8 Å². The highest BCUT2D eigenvalue weighted by atomic mass is 35.5. The van der Waals surface area contributed by atoms with E-state index in [4.69, 9.17) is 27.9 Å². The van der Waals surface area contributed by atoms with Crippen LogP contribution in [-0.4, -0.2) is 35.4 Å². The molecule has 1 atom stereocenters. The number of hydrogen-bond acceptors (Lipinski definition) is 3. The van der Waals surface area contributed by atoms with Crippen LogP contribution in [0.2, 0.25) is 10.0 Å². The monoisotopic (exact) mass is 580 g/mol. The number of nitrogens with zero attached hydrogens (tertiary/aromatic N) is 1. The van der Waals surface area contributed by atoms with Crippen LogP contribution >= 0.6 is 23.2 Å². The van der Waals surface area contributed by atoms with Crippen LogP contribution < -0.4 is 10.1 Å². The SMILES string of the molecule is CC(C)c1ccc(OCC(=O)N(Cc2ccc(Cl)cc2Cl)[C@H](Cc2ccccc2)C(=O)NC2CCCCC2)cc1. The van der Waals surface area contributed by atoms with E-state index in [0.717, 1.165) is 31.2 Å². The number of amides is 2. The van der Waals surface area contributed by atoms with Crippen molar-refractivity contribution in [2.45, 2.75) is 76.9 Å². The summed E-state index contributed by atoms with van der Waals surface area (Å²) in [6.45, 7) is 4.21. The number of benzene rings is 3. The third kappa shape index (κ3) is 8.49. The number of carbonyl (C=O) groups excluding carboxylic acids is 2. The summed E-state index contributed by atoms with van der Waals surface area (Å²) in [6, 6.07) is 22.1. The lowest BCUT2D eigenvalue weighted by Gasteiger charge is -2.33. The van der Waals surface area contributed by atoms with Crippen molar-refractivity contribution in [1.82, 2.24) is 10.2 Å². The lowest BCUT2D eigenvalue weighted by atomic mass is 9.94. The van der Waals surface area contributed by atoms with Crippen molar-refractivity contribution in [3.8, 4) is 5.75 Å². The molecule has 212 valence electrons. The van der Waals surface area contributed by atoms with Gasteiger partial charge in [-0.3, -0.25) is 9.59 Å². The average molecular weight is 582 g/mol.